The van der Waals surface area contributed by atoms with Gasteiger partial charge in [-0.3, -0.25) is 0 Å². The maximum absolute atomic E-state index is 8.36. The van der Waals surface area contributed by atoms with E-state index in [0.29, 0.717) is 20.6 Å². The van der Waals surface area contributed by atoms with Gasteiger partial charge in [0.25, 0.3) is 5.09 Å². The molecular formula is C11H8Cl3N3O3. The molecule has 9 heteroatoms. The van der Waals surface area contributed by atoms with Crippen molar-refractivity contribution in [3.63, 3.8) is 0 Å². The molecule has 20 heavy (non-hydrogen) atoms. The molecule has 0 radical (unpaired) electrons. The van der Waals surface area contributed by atoms with Crippen LogP contribution in [0, 0.1) is 10.1 Å². The van der Waals surface area contributed by atoms with Gasteiger partial charge < -0.3 is 9.77 Å². The van der Waals surface area contributed by atoms with Crippen LogP contribution in [0.1, 0.15) is 5.56 Å². The molecule has 0 fully saturated rings. The van der Waals surface area contributed by atoms with Gasteiger partial charge in [0, 0.05) is 24.2 Å². The smallest absolute Gasteiger partial charge is 0.291 e. The van der Waals surface area contributed by atoms with Crippen molar-refractivity contribution in [2.75, 3.05) is 0 Å². The summed E-state index contributed by atoms with van der Waals surface area (Å²) in [6.07, 6.45) is 6.76. The van der Waals surface area contributed by atoms with Gasteiger partial charge in [-0.25, -0.2) is 4.98 Å². The first-order chi connectivity index (χ1) is 9.41. The third-order valence-electron chi connectivity index (χ3n) is 1.99. The van der Waals surface area contributed by atoms with Gasteiger partial charge in [0.2, 0.25) is 0 Å². The average molecular weight is 337 g/mol. The number of benzene rings is 1. The molecule has 0 unspecified atom stereocenters. The summed E-state index contributed by atoms with van der Waals surface area (Å²) in [4.78, 5) is 12.3. The summed E-state index contributed by atoms with van der Waals surface area (Å²) in [7, 11) is 0. The zero-order valence-electron chi connectivity index (χ0n) is 9.78. The van der Waals surface area contributed by atoms with Crippen LogP contribution in [0.25, 0.3) is 11.2 Å². The summed E-state index contributed by atoms with van der Waals surface area (Å²) >= 11 is 18.2. The molecule has 0 bridgehead atoms. The monoisotopic (exact) mass is 335 g/mol. The first-order valence-electron chi connectivity index (χ1n) is 5.04. The zero-order valence-corrected chi connectivity index (χ0v) is 12.0. The van der Waals surface area contributed by atoms with Gasteiger partial charge >= 0.3 is 0 Å². The Morgan fingerprint density at radius 1 is 1.40 bits per heavy atom. The summed E-state index contributed by atoms with van der Waals surface area (Å²) in [5.41, 5.74) is 0.626. The number of rotatable bonds is 2. The van der Waals surface area contributed by atoms with E-state index >= 15 is 0 Å². The lowest BCUT2D eigenvalue weighted by molar-refractivity contribution is -0.742. The molecular weight excluding hydrogens is 328 g/mol. The number of aromatic nitrogens is 2. The van der Waals surface area contributed by atoms with Crippen LogP contribution in [0.2, 0.25) is 10.0 Å². The van der Waals surface area contributed by atoms with Crippen molar-refractivity contribution in [3.05, 3.63) is 62.6 Å². The highest BCUT2D eigenvalue weighted by Gasteiger charge is 2.08. The maximum Gasteiger partial charge on any atom is 0.291 e. The highest BCUT2D eigenvalue weighted by atomic mass is 35.5. The van der Waals surface area contributed by atoms with Gasteiger partial charge in [-0.05, 0) is 12.1 Å². The SMILES string of the molecule is ClC(=Cn1ccnc1)c1c(Cl)cccc1Cl.O=[N+]([O-])O. The van der Waals surface area contributed by atoms with E-state index in [1.807, 2.05) is 0 Å². The molecule has 0 spiro atoms. The molecule has 0 aliphatic rings. The number of nitrogens with zero attached hydrogens (tertiary/aromatic N) is 3. The van der Waals surface area contributed by atoms with Crippen LogP contribution < -0.4 is 0 Å². The Kier molecular flexibility index (Phi) is 6.30. The quantitative estimate of drug-likeness (QED) is 0.663. The number of halogens is 3. The molecule has 1 aromatic heterocycles. The van der Waals surface area contributed by atoms with Gasteiger partial charge in [-0.1, -0.05) is 40.9 Å². The van der Waals surface area contributed by atoms with Crippen LogP contribution in [0.4, 0.5) is 0 Å². The second-order valence-corrected chi connectivity index (χ2v) is 4.54. The van der Waals surface area contributed by atoms with Crippen molar-refractivity contribution in [3.8, 4) is 0 Å². The normalized spacial score (nSPS) is 10.7. The Balaban J connectivity index is 0.000000444. The predicted octanol–water partition coefficient (Wildman–Crippen LogP) is 4.04. The largest absolute Gasteiger partial charge is 0.328 e. The molecule has 0 saturated heterocycles. The zero-order chi connectivity index (χ0) is 15.1. The lowest BCUT2D eigenvalue weighted by atomic mass is 10.2. The van der Waals surface area contributed by atoms with Crippen molar-refractivity contribution in [1.29, 1.82) is 0 Å². The minimum atomic E-state index is -1.50. The Bertz CT molecular complexity index is 590. The van der Waals surface area contributed by atoms with Crippen molar-refractivity contribution >= 4 is 46.0 Å². The second-order valence-electron chi connectivity index (χ2n) is 3.32. The highest BCUT2D eigenvalue weighted by Crippen LogP contribution is 2.33. The van der Waals surface area contributed by atoms with Crippen LogP contribution in [-0.4, -0.2) is 19.8 Å². The number of hydrogen-bond acceptors (Lipinski definition) is 3. The van der Waals surface area contributed by atoms with Gasteiger partial charge in [-0.15, -0.1) is 10.1 Å². The van der Waals surface area contributed by atoms with Gasteiger partial charge in [-0.2, -0.15) is 0 Å². The molecule has 2 aromatic rings. The van der Waals surface area contributed by atoms with Crippen LogP contribution >= 0.6 is 34.8 Å². The van der Waals surface area contributed by atoms with Gasteiger partial charge in [0.05, 0.1) is 21.4 Å². The average Bonchev–Trinajstić information content (AvgIpc) is 2.80. The van der Waals surface area contributed by atoms with Crippen LogP contribution in [0.15, 0.2) is 36.9 Å². The molecule has 0 aliphatic heterocycles. The first-order valence-corrected chi connectivity index (χ1v) is 6.17. The van der Waals surface area contributed by atoms with E-state index in [1.54, 1.807) is 47.7 Å². The minimum absolute atomic E-state index is 0.466. The molecule has 0 amide bonds. The van der Waals surface area contributed by atoms with Crippen LogP contribution in [0.3, 0.4) is 0 Å². The Hall–Kier alpha value is -1.76. The molecule has 0 atom stereocenters. The topological polar surface area (TPSA) is 81.2 Å². The molecule has 106 valence electrons. The fraction of sp³-hybridized carbons (Fsp3) is 0. The minimum Gasteiger partial charge on any atom is -0.328 e. The Morgan fingerprint density at radius 2 is 1.95 bits per heavy atom. The van der Waals surface area contributed by atoms with Crippen LogP contribution in [0.5, 0.6) is 0 Å². The predicted molar refractivity (Wildman–Crippen MR) is 77.5 cm³/mol. The standard InChI is InChI=1S/C11H7Cl3N2.HNO3/c12-8-2-1-3-9(13)11(8)10(14)6-16-5-4-15-7-16;2-1(3)4/h1-7H;(H,2,3,4). The molecule has 1 heterocycles. The molecule has 2 rings (SSSR count). The molecule has 1 N–H and O–H groups in total. The van der Waals surface area contributed by atoms with E-state index in [4.69, 9.17) is 50.1 Å². The third-order valence-corrected chi connectivity index (χ3v) is 2.91. The molecule has 1 aromatic carbocycles. The van der Waals surface area contributed by atoms with Gasteiger partial charge in [0.15, 0.2) is 0 Å². The van der Waals surface area contributed by atoms with Crippen molar-refractivity contribution in [2.45, 2.75) is 0 Å². The lowest BCUT2D eigenvalue weighted by Crippen LogP contribution is -1.85. The van der Waals surface area contributed by atoms with Gasteiger partial charge in [0.1, 0.15) is 0 Å². The van der Waals surface area contributed by atoms with E-state index in [9.17, 15) is 0 Å². The second kappa shape index (κ2) is 7.74. The summed E-state index contributed by atoms with van der Waals surface area (Å²) < 4.78 is 1.72. The highest BCUT2D eigenvalue weighted by molar-refractivity contribution is 6.54. The van der Waals surface area contributed by atoms with E-state index in [2.05, 4.69) is 4.98 Å². The maximum atomic E-state index is 8.36. The fourth-order valence-corrected chi connectivity index (χ4v) is 2.28. The number of hydrogen-bond donors (Lipinski definition) is 1. The summed E-state index contributed by atoms with van der Waals surface area (Å²) in [6, 6.07) is 5.26. The molecule has 6 nitrogen and oxygen atoms in total. The van der Waals surface area contributed by atoms with E-state index < -0.39 is 5.09 Å². The van der Waals surface area contributed by atoms with E-state index in [0.717, 1.165) is 0 Å². The molecule has 0 saturated carbocycles. The van der Waals surface area contributed by atoms with Crippen molar-refractivity contribution in [2.24, 2.45) is 0 Å². The summed E-state index contributed by atoms with van der Waals surface area (Å²) in [5, 5.41) is 15.1. The summed E-state index contributed by atoms with van der Waals surface area (Å²) in [5.74, 6) is 0. The Labute approximate surface area is 128 Å². The molecule has 0 aliphatic carbocycles. The van der Waals surface area contributed by atoms with E-state index in [-0.39, 0.29) is 0 Å². The summed E-state index contributed by atoms with van der Waals surface area (Å²) in [6.45, 7) is 0. The van der Waals surface area contributed by atoms with Crippen molar-refractivity contribution in [1.82, 2.24) is 9.55 Å². The van der Waals surface area contributed by atoms with Crippen LogP contribution in [-0.2, 0) is 0 Å². The van der Waals surface area contributed by atoms with E-state index in [1.165, 1.54) is 0 Å². The lowest BCUT2D eigenvalue weighted by Gasteiger charge is -2.05. The Morgan fingerprint density at radius 3 is 2.40 bits per heavy atom. The first kappa shape index (κ1) is 16.3. The third kappa shape index (κ3) is 5.08. The number of imidazole rings is 1. The van der Waals surface area contributed by atoms with Crippen molar-refractivity contribution < 1.29 is 10.3 Å². The fourth-order valence-electron chi connectivity index (χ4n) is 1.27.